The van der Waals surface area contributed by atoms with Crippen molar-refractivity contribution in [2.45, 2.75) is 19.9 Å². The molecule has 5 nitrogen and oxygen atoms in total. The van der Waals surface area contributed by atoms with Gasteiger partial charge < -0.3 is 5.32 Å². The third-order valence-corrected chi connectivity index (χ3v) is 5.46. The summed E-state index contributed by atoms with van der Waals surface area (Å²) >= 11 is 13.4. The average Bonchev–Trinajstić information content (AvgIpc) is 2.99. The zero-order chi connectivity index (χ0) is 17.3. The fourth-order valence-electron chi connectivity index (χ4n) is 2.24. The SMILES string of the molecule is CCc1cc2c(=O)n(CC(=O)Nc3cccc(Cl)c3Cl)cnc2s1. The molecule has 0 atom stereocenters. The Hall–Kier alpha value is -1.89. The molecule has 0 aliphatic rings. The molecule has 0 saturated carbocycles. The number of thiophene rings is 1. The summed E-state index contributed by atoms with van der Waals surface area (Å²) in [6.07, 6.45) is 2.23. The highest BCUT2D eigenvalue weighted by Crippen LogP contribution is 2.29. The zero-order valence-electron chi connectivity index (χ0n) is 12.7. The lowest BCUT2D eigenvalue weighted by molar-refractivity contribution is -0.116. The number of anilines is 1. The van der Waals surface area contributed by atoms with E-state index in [1.54, 1.807) is 18.2 Å². The van der Waals surface area contributed by atoms with E-state index in [-0.39, 0.29) is 23.0 Å². The van der Waals surface area contributed by atoms with Gasteiger partial charge in [0.25, 0.3) is 5.56 Å². The predicted molar refractivity (Wildman–Crippen MR) is 98.3 cm³/mol. The monoisotopic (exact) mass is 381 g/mol. The van der Waals surface area contributed by atoms with E-state index >= 15 is 0 Å². The van der Waals surface area contributed by atoms with Crippen molar-refractivity contribution in [3.63, 3.8) is 0 Å². The second-order valence-electron chi connectivity index (χ2n) is 5.11. The Balaban J connectivity index is 1.84. The molecule has 0 bridgehead atoms. The summed E-state index contributed by atoms with van der Waals surface area (Å²) in [5.74, 6) is -0.381. The number of carbonyl (C=O) groups is 1. The molecule has 8 heteroatoms. The molecule has 0 spiro atoms. The highest BCUT2D eigenvalue weighted by molar-refractivity contribution is 7.18. The van der Waals surface area contributed by atoms with E-state index in [2.05, 4.69) is 10.3 Å². The summed E-state index contributed by atoms with van der Waals surface area (Å²) in [7, 11) is 0. The van der Waals surface area contributed by atoms with Crippen LogP contribution in [-0.4, -0.2) is 15.5 Å². The van der Waals surface area contributed by atoms with Gasteiger partial charge in [0, 0.05) is 4.88 Å². The van der Waals surface area contributed by atoms with Crippen molar-refractivity contribution in [1.29, 1.82) is 0 Å². The van der Waals surface area contributed by atoms with Crippen molar-refractivity contribution in [1.82, 2.24) is 9.55 Å². The molecule has 0 unspecified atom stereocenters. The van der Waals surface area contributed by atoms with Gasteiger partial charge >= 0.3 is 0 Å². The molecule has 1 N–H and O–H groups in total. The van der Waals surface area contributed by atoms with E-state index in [4.69, 9.17) is 23.2 Å². The van der Waals surface area contributed by atoms with Crippen LogP contribution in [0.25, 0.3) is 10.2 Å². The highest BCUT2D eigenvalue weighted by Gasteiger charge is 2.12. The number of carbonyl (C=O) groups excluding carboxylic acids is 1. The molecule has 0 aliphatic carbocycles. The Labute approximate surface area is 151 Å². The summed E-state index contributed by atoms with van der Waals surface area (Å²) in [5.41, 5.74) is 0.170. The number of nitrogens with one attached hydrogen (secondary N) is 1. The minimum absolute atomic E-state index is 0.151. The number of amides is 1. The molecule has 0 radical (unpaired) electrons. The van der Waals surface area contributed by atoms with E-state index < -0.39 is 0 Å². The molecule has 2 heterocycles. The van der Waals surface area contributed by atoms with Gasteiger partial charge in [0.1, 0.15) is 11.4 Å². The standard InChI is InChI=1S/C16H13Cl2N3O2S/c1-2-9-6-10-15(24-9)19-8-21(16(10)23)7-13(22)20-12-5-3-4-11(17)14(12)18/h3-6,8H,2,7H2,1H3,(H,20,22). The van der Waals surface area contributed by atoms with E-state index in [1.807, 2.05) is 13.0 Å². The lowest BCUT2D eigenvalue weighted by atomic mass is 10.3. The summed E-state index contributed by atoms with van der Waals surface area (Å²) in [4.78, 5) is 30.7. The number of rotatable bonds is 4. The van der Waals surface area contributed by atoms with Gasteiger partial charge in [-0.2, -0.15) is 0 Å². The average molecular weight is 382 g/mol. The number of hydrogen-bond acceptors (Lipinski definition) is 4. The Morgan fingerprint density at radius 3 is 2.92 bits per heavy atom. The van der Waals surface area contributed by atoms with Gasteiger partial charge in [0.05, 0.1) is 27.4 Å². The minimum Gasteiger partial charge on any atom is -0.323 e. The van der Waals surface area contributed by atoms with Crippen LogP contribution in [0.4, 0.5) is 5.69 Å². The summed E-state index contributed by atoms with van der Waals surface area (Å²) in [5, 5.41) is 3.80. The number of halogens is 2. The fraction of sp³-hybridized carbons (Fsp3) is 0.188. The van der Waals surface area contributed by atoms with E-state index in [9.17, 15) is 9.59 Å². The first-order valence-electron chi connectivity index (χ1n) is 7.21. The van der Waals surface area contributed by atoms with Crippen molar-refractivity contribution in [3.8, 4) is 0 Å². The molecule has 0 saturated heterocycles. The van der Waals surface area contributed by atoms with Crippen LogP contribution in [0.1, 0.15) is 11.8 Å². The zero-order valence-corrected chi connectivity index (χ0v) is 15.0. The van der Waals surface area contributed by atoms with Crippen LogP contribution in [0.3, 0.4) is 0 Å². The topological polar surface area (TPSA) is 64.0 Å². The third-order valence-electron chi connectivity index (χ3n) is 3.46. The van der Waals surface area contributed by atoms with Crippen LogP contribution in [0, 0.1) is 0 Å². The van der Waals surface area contributed by atoms with Gasteiger partial charge in [-0.05, 0) is 24.6 Å². The third kappa shape index (κ3) is 3.31. The molecule has 0 aliphatic heterocycles. The maximum Gasteiger partial charge on any atom is 0.262 e. The summed E-state index contributed by atoms with van der Waals surface area (Å²) in [6, 6.07) is 6.78. The van der Waals surface area contributed by atoms with Gasteiger partial charge in [0.15, 0.2) is 0 Å². The van der Waals surface area contributed by atoms with Crippen molar-refractivity contribution in [3.05, 3.63) is 55.9 Å². The Morgan fingerprint density at radius 1 is 1.38 bits per heavy atom. The second-order valence-corrected chi connectivity index (χ2v) is 7.01. The number of fused-ring (bicyclic) bond motifs is 1. The van der Waals surface area contributed by atoms with E-state index in [0.29, 0.717) is 20.9 Å². The molecule has 3 aromatic rings. The number of aromatic nitrogens is 2. The Morgan fingerprint density at radius 2 is 2.17 bits per heavy atom. The van der Waals surface area contributed by atoms with Crippen LogP contribution in [0.2, 0.25) is 10.0 Å². The molecule has 1 amide bonds. The quantitative estimate of drug-likeness (QED) is 0.743. The van der Waals surface area contributed by atoms with Crippen molar-refractivity contribution < 1.29 is 4.79 Å². The van der Waals surface area contributed by atoms with E-state index in [1.165, 1.54) is 22.2 Å². The molecule has 2 aromatic heterocycles. The number of hydrogen-bond donors (Lipinski definition) is 1. The molecule has 24 heavy (non-hydrogen) atoms. The Bertz CT molecular complexity index is 981. The van der Waals surface area contributed by atoms with Crippen molar-refractivity contribution in [2.24, 2.45) is 0 Å². The number of aryl methyl sites for hydroxylation is 1. The van der Waals surface area contributed by atoms with Crippen LogP contribution < -0.4 is 10.9 Å². The van der Waals surface area contributed by atoms with E-state index in [0.717, 1.165) is 11.3 Å². The second kappa shape index (κ2) is 6.93. The molecule has 0 fully saturated rings. The van der Waals surface area contributed by atoms with Crippen LogP contribution >= 0.6 is 34.5 Å². The number of benzene rings is 1. The maximum absolute atomic E-state index is 12.5. The lowest BCUT2D eigenvalue weighted by Gasteiger charge is -2.09. The Kier molecular flexibility index (Phi) is 4.89. The largest absolute Gasteiger partial charge is 0.323 e. The van der Waals surface area contributed by atoms with Gasteiger partial charge in [-0.15, -0.1) is 11.3 Å². The number of nitrogens with zero attached hydrogens (tertiary/aromatic N) is 2. The predicted octanol–water partition coefficient (Wildman–Crippen LogP) is 3.97. The molecule has 1 aromatic carbocycles. The normalized spacial score (nSPS) is 11.0. The van der Waals surface area contributed by atoms with Crippen LogP contribution in [0.5, 0.6) is 0 Å². The summed E-state index contributed by atoms with van der Waals surface area (Å²) in [6.45, 7) is 1.87. The molecule has 3 rings (SSSR count). The van der Waals surface area contributed by atoms with Gasteiger partial charge in [-0.3, -0.25) is 14.2 Å². The minimum atomic E-state index is -0.381. The lowest BCUT2D eigenvalue weighted by Crippen LogP contribution is -2.27. The first kappa shape index (κ1) is 17.0. The molecular formula is C16H13Cl2N3O2S. The smallest absolute Gasteiger partial charge is 0.262 e. The maximum atomic E-state index is 12.5. The molecule has 124 valence electrons. The highest BCUT2D eigenvalue weighted by atomic mass is 35.5. The van der Waals surface area contributed by atoms with Crippen molar-refractivity contribution >= 4 is 56.3 Å². The van der Waals surface area contributed by atoms with Gasteiger partial charge in [-0.1, -0.05) is 36.2 Å². The van der Waals surface area contributed by atoms with Gasteiger partial charge in [-0.25, -0.2) is 4.98 Å². The summed E-state index contributed by atoms with van der Waals surface area (Å²) < 4.78 is 1.28. The van der Waals surface area contributed by atoms with Crippen LogP contribution in [0.15, 0.2) is 35.4 Å². The first-order chi connectivity index (χ1) is 11.5. The fourth-order valence-corrected chi connectivity index (χ4v) is 3.51. The molecular weight excluding hydrogens is 369 g/mol. The first-order valence-corrected chi connectivity index (χ1v) is 8.78. The van der Waals surface area contributed by atoms with Crippen LogP contribution in [-0.2, 0) is 17.8 Å². The van der Waals surface area contributed by atoms with Crippen molar-refractivity contribution in [2.75, 3.05) is 5.32 Å². The van der Waals surface area contributed by atoms with Gasteiger partial charge in [0.2, 0.25) is 5.91 Å².